The third-order valence-corrected chi connectivity index (χ3v) is 4.28. The SMILES string of the molecule is CCOC(=O)Cc1csc(NN=Cc2c(Cl)cc(CO)cc2Cl)n1. The molecule has 0 unspecified atom stereocenters. The number of nitrogens with zero attached hydrogens (tertiary/aromatic N) is 2. The fourth-order valence-corrected chi connectivity index (χ4v) is 3.09. The zero-order valence-corrected chi connectivity index (χ0v) is 15.1. The predicted molar refractivity (Wildman–Crippen MR) is 96.1 cm³/mol. The molecule has 0 radical (unpaired) electrons. The number of ether oxygens (including phenoxy) is 1. The van der Waals surface area contributed by atoms with Crippen LogP contribution in [0, 0.1) is 0 Å². The minimum atomic E-state index is -0.319. The molecule has 0 bridgehead atoms. The average Bonchev–Trinajstić information content (AvgIpc) is 2.97. The number of hydrazone groups is 1. The summed E-state index contributed by atoms with van der Waals surface area (Å²) in [5, 5.41) is 16.2. The highest BCUT2D eigenvalue weighted by Crippen LogP contribution is 2.25. The van der Waals surface area contributed by atoms with E-state index in [4.69, 9.17) is 33.0 Å². The number of aliphatic hydroxyl groups is 1. The Bertz CT molecular complexity index is 726. The Morgan fingerprint density at radius 3 is 2.79 bits per heavy atom. The number of aromatic nitrogens is 1. The molecule has 0 fully saturated rings. The molecule has 0 spiro atoms. The lowest BCUT2D eigenvalue weighted by molar-refractivity contribution is -0.142. The Kier molecular flexibility index (Phi) is 6.99. The highest BCUT2D eigenvalue weighted by Gasteiger charge is 2.09. The number of hydrogen-bond acceptors (Lipinski definition) is 7. The van der Waals surface area contributed by atoms with Gasteiger partial charge >= 0.3 is 5.97 Å². The van der Waals surface area contributed by atoms with E-state index in [9.17, 15) is 4.79 Å². The molecular formula is C15H15Cl2N3O3S. The molecule has 24 heavy (non-hydrogen) atoms. The Morgan fingerprint density at radius 2 is 2.17 bits per heavy atom. The molecule has 2 rings (SSSR count). The highest BCUT2D eigenvalue weighted by atomic mass is 35.5. The summed E-state index contributed by atoms with van der Waals surface area (Å²) < 4.78 is 4.87. The first kappa shape index (κ1) is 18.7. The molecule has 0 saturated heterocycles. The van der Waals surface area contributed by atoms with Crippen LogP contribution in [-0.2, 0) is 22.6 Å². The van der Waals surface area contributed by atoms with E-state index in [0.29, 0.717) is 38.6 Å². The summed E-state index contributed by atoms with van der Waals surface area (Å²) in [5.74, 6) is -0.319. The van der Waals surface area contributed by atoms with Gasteiger partial charge in [0.1, 0.15) is 0 Å². The topological polar surface area (TPSA) is 83.8 Å². The van der Waals surface area contributed by atoms with Gasteiger partial charge < -0.3 is 9.84 Å². The number of carbonyl (C=O) groups excluding carboxylic acids is 1. The van der Waals surface area contributed by atoms with Crippen LogP contribution in [0.4, 0.5) is 5.13 Å². The van der Waals surface area contributed by atoms with E-state index >= 15 is 0 Å². The van der Waals surface area contributed by atoms with Crippen molar-refractivity contribution in [3.63, 3.8) is 0 Å². The van der Waals surface area contributed by atoms with E-state index < -0.39 is 0 Å². The molecule has 0 atom stereocenters. The van der Waals surface area contributed by atoms with E-state index in [1.165, 1.54) is 17.6 Å². The molecular weight excluding hydrogens is 373 g/mol. The minimum Gasteiger partial charge on any atom is -0.466 e. The molecule has 9 heteroatoms. The summed E-state index contributed by atoms with van der Waals surface area (Å²) in [6.07, 6.45) is 1.59. The summed E-state index contributed by atoms with van der Waals surface area (Å²) in [4.78, 5) is 15.6. The molecule has 2 N–H and O–H groups in total. The third-order valence-electron chi connectivity index (χ3n) is 2.86. The molecule has 0 amide bonds. The molecule has 1 heterocycles. The maximum Gasteiger partial charge on any atom is 0.311 e. The van der Waals surface area contributed by atoms with Crippen molar-refractivity contribution in [3.8, 4) is 0 Å². The quantitative estimate of drug-likeness (QED) is 0.431. The number of carbonyl (C=O) groups is 1. The monoisotopic (exact) mass is 387 g/mol. The van der Waals surface area contributed by atoms with Crippen LogP contribution >= 0.6 is 34.5 Å². The smallest absolute Gasteiger partial charge is 0.311 e. The molecule has 1 aromatic carbocycles. The van der Waals surface area contributed by atoms with Crippen molar-refractivity contribution in [2.24, 2.45) is 5.10 Å². The summed E-state index contributed by atoms with van der Waals surface area (Å²) >= 11 is 13.5. The normalized spacial score (nSPS) is 11.0. The third kappa shape index (κ3) is 5.17. The standard InChI is InChI=1S/C15H15Cl2N3O3S/c1-2-23-14(22)5-10-8-24-15(19-10)20-18-6-11-12(16)3-9(7-21)4-13(11)17/h3-4,6,8,21H,2,5,7H2,1H3,(H,19,20). The van der Waals surface area contributed by atoms with Gasteiger partial charge in [0, 0.05) is 10.9 Å². The zero-order chi connectivity index (χ0) is 17.5. The maximum absolute atomic E-state index is 11.4. The Labute approximate surface area is 153 Å². The number of anilines is 1. The van der Waals surface area contributed by atoms with Crippen LogP contribution in [0.1, 0.15) is 23.7 Å². The number of benzene rings is 1. The van der Waals surface area contributed by atoms with Gasteiger partial charge in [-0.15, -0.1) is 11.3 Å². The van der Waals surface area contributed by atoms with E-state index in [2.05, 4.69) is 15.5 Å². The van der Waals surface area contributed by atoms with Crippen molar-refractivity contribution in [2.45, 2.75) is 20.0 Å². The molecule has 6 nitrogen and oxygen atoms in total. The number of esters is 1. The van der Waals surface area contributed by atoms with Crippen molar-refractivity contribution in [1.29, 1.82) is 0 Å². The first-order valence-corrected chi connectivity index (χ1v) is 8.65. The first-order chi connectivity index (χ1) is 11.5. The lowest BCUT2D eigenvalue weighted by atomic mass is 10.1. The van der Waals surface area contributed by atoms with Crippen LogP contribution in [0.2, 0.25) is 10.0 Å². The largest absolute Gasteiger partial charge is 0.466 e. The lowest BCUT2D eigenvalue weighted by Crippen LogP contribution is -2.07. The zero-order valence-electron chi connectivity index (χ0n) is 12.8. The van der Waals surface area contributed by atoms with Gasteiger partial charge in [-0.3, -0.25) is 10.2 Å². The number of hydrogen-bond donors (Lipinski definition) is 2. The second-order valence-corrected chi connectivity index (χ2v) is 6.30. The van der Waals surface area contributed by atoms with E-state index in [0.717, 1.165) is 0 Å². The summed E-state index contributed by atoms with van der Waals surface area (Å²) in [6.45, 7) is 1.95. The lowest BCUT2D eigenvalue weighted by Gasteiger charge is -2.04. The molecule has 2 aromatic rings. The van der Waals surface area contributed by atoms with E-state index in [1.54, 1.807) is 24.4 Å². The minimum absolute atomic E-state index is 0.121. The van der Waals surface area contributed by atoms with Crippen LogP contribution < -0.4 is 5.43 Å². The van der Waals surface area contributed by atoms with Gasteiger partial charge in [0.15, 0.2) is 0 Å². The fourth-order valence-electron chi connectivity index (χ4n) is 1.80. The molecule has 1 aromatic heterocycles. The second-order valence-electron chi connectivity index (χ2n) is 4.63. The number of aliphatic hydroxyl groups excluding tert-OH is 1. The van der Waals surface area contributed by atoms with Gasteiger partial charge in [0.05, 0.1) is 41.6 Å². The predicted octanol–water partition coefficient (Wildman–Crippen LogP) is 3.49. The maximum atomic E-state index is 11.4. The van der Waals surface area contributed by atoms with Crippen molar-refractivity contribution in [1.82, 2.24) is 4.98 Å². The van der Waals surface area contributed by atoms with Gasteiger partial charge in [-0.05, 0) is 24.6 Å². The first-order valence-electron chi connectivity index (χ1n) is 7.01. The van der Waals surface area contributed by atoms with Crippen LogP contribution in [0.3, 0.4) is 0 Å². The fraction of sp³-hybridized carbons (Fsp3) is 0.267. The molecule has 0 aliphatic heterocycles. The number of thiazole rings is 1. The Balaban J connectivity index is 2.00. The number of nitrogens with one attached hydrogen (secondary N) is 1. The summed E-state index contributed by atoms with van der Waals surface area (Å²) in [6, 6.07) is 3.24. The summed E-state index contributed by atoms with van der Waals surface area (Å²) in [7, 11) is 0. The van der Waals surface area contributed by atoms with Crippen molar-refractivity contribution >= 4 is 51.9 Å². The number of halogens is 2. The Hall–Kier alpha value is -1.67. The van der Waals surface area contributed by atoms with Gasteiger partial charge in [-0.2, -0.15) is 5.10 Å². The van der Waals surface area contributed by atoms with E-state index in [-0.39, 0.29) is 19.0 Å². The van der Waals surface area contributed by atoms with E-state index in [1.807, 2.05) is 0 Å². The average molecular weight is 388 g/mol. The molecule has 128 valence electrons. The van der Waals surface area contributed by atoms with Crippen LogP contribution in [-0.4, -0.2) is 28.9 Å². The molecule has 0 aliphatic carbocycles. The van der Waals surface area contributed by atoms with Crippen LogP contribution in [0.15, 0.2) is 22.6 Å². The van der Waals surface area contributed by atoms with Crippen LogP contribution in [0.5, 0.6) is 0 Å². The van der Waals surface area contributed by atoms with Gasteiger partial charge in [0.25, 0.3) is 0 Å². The molecule has 0 saturated carbocycles. The number of rotatable bonds is 7. The van der Waals surface area contributed by atoms with Gasteiger partial charge in [-0.25, -0.2) is 4.98 Å². The second kappa shape index (κ2) is 8.98. The summed E-state index contributed by atoms with van der Waals surface area (Å²) in [5.41, 5.74) is 4.53. The highest BCUT2D eigenvalue weighted by molar-refractivity contribution is 7.13. The van der Waals surface area contributed by atoms with Gasteiger partial charge in [-0.1, -0.05) is 23.2 Å². The van der Waals surface area contributed by atoms with Gasteiger partial charge in [0.2, 0.25) is 5.13 Å². The Morgan fingerprint density at radius 1 is 1.46 bits per heavy atom. The van der Waals surface area contributed by atoms with Crippen molar-refractivity contribution in [3.05, 3.63) is 44.4 Å². The van der Waals surface area contributed by atoms with Crippen molar-refractivity contribution in [2.75, 3.05) is 12.0 Å². The van der Waals surface area contributed by atoms with Crippen LogP contribution in [0.25, 0.3) is 0 Å². The van der Waals surface area contributed by atoms with Crippen molar-refractivity contribution < 1.29 is 14.6 Å². The molecule has 0 aliphatic rings.